The standard InChI is InChI=1S/C12H24N4O/c1-4-8-16-12(11(13)9(3)15-16)14-7-6-10(17)5-2/h10,14,17H,4-8,13H2,1-3H3. The van der Waals surface area contributed by atoms with Crippen LogP contribution in [0.4, 0.5) is 11.5 Å². The molecule has 0 fully saturated rings. The van der Waals surface area contributed by atoms with E-state index >= 15 is 0 Å². The first-order valence-electron chi connectivity index (χ1n) is 6.34. The fraction of sp³-hybridized carbons (Fsp3) is 0.750. The number of hydrogen-bond acceptors (Lipinski definition) is 4. The smallest absolute Gasteiger partial charge is 0.148 e. The number of rotatable bonds is 7. The van der Waals surface area contributed by atoms with E-state index in [2.05, 4.69) is 17.3 Å². The second-order valence-electron chi connectivity index (χ2n) is 4.35. The predicted molar refractivity (Wildman–Crippen MR) is 71.1 cm³/mol. The van der Waals surface area contributed by atoms with E-state index in [-0.39, 0.29) is 6.10 Å². The van der Waals surface area contributed by atoms with E-state index in [1.807, 2.05) is 18.5 Å². The van der Waals surface area contributed by atoms with E-state index in [0.29, 0.717) is 12.2 Å². The Balaban J connectivity index is 2.62. The zero-order valence-corrected chi connectivity index (χ0v) is 11.0. The summed E-state index contributed by atoms with van der Waals surface area (Å²) in [4.78, 5) is 0. The van der Waals surface area contributed by atoms with Gasteiger partial charge in [0.05, 0.1) is 17.5 Å². The van der Waals surface area contributed by atoms with Crippen molar-refractivity contribution < 1.29 is 5.11 Å². The van der Waals surface area contributed by atoms with Crippen molar-refractivity contribution in [2.75, 3.05) is 17.6 Å². The Morgan fingerprint density at radius 3 is 2.76 bits per heavy atom. The van der Waals surface area contributed by atoms with Gasteiger partial charge in [-0.3, -0.25) is 0 Å². The van der Waals surface area contributed by atoms with Gasteiger partial charge in [0.15, 0.2) is 0 Å². The Kier molecular flexibility index (Phi) is 5.28. The minimum atomic E-state index is -0.243. The minimum absolute atomic E-state index is 0.243. The molecule has 1 heterocycles. The summed E-state index contributed by atoms with van der Waals surface area (Å²) < 4.78 is 1.91. The molecule has 0 spiro atoms. The van der Waals surface area contributed by atoms with Crippen LogP contribution in [0.5, 0.6) is 0 Å². The highest BCUT2D eigenvalue weighted by Gasteiger charge is 2.11. The largest absolute Gasteiger partial charge is 0.394 e. The number of nitrogens with one attached hydrogen (secondary N) is 1. The maximum atomic E-state index is 9.49. The molecule has 0 aliphatic heterocycles. The Hall–Kier alpha value is -1.23. The van der Waals surface area contributed by atoms with Gasteiger partial charge in [-0.05, 0) is 26.2 Å². The molecule has 1 rings (SSSR count). The van der Waals surface area contributed by atoms with Crippen LogP contribution >= 0.6 is 0 Å². The summed E-state index contributed by atoms with van der Waals surface area (Å²) in [7, 11) is 0. The molecular weight excluding hydrogens is 216 g/mol. The fourth-order valence-electron chi connectivity index (χ4n) is 1.72. The van der Waals surface area contributed by atoms with Crippen molar-refractivity contribution in [2.24, 2.45) is 0 Å². The summed E-state index contributed by atoms with van der Waals surface area (Å²) in [5.74, 6) is 0.882. The van der Waals surface area contributed by atoms with Crippen molar-refractivity contribution >= 4 is 11.5 Å². The number of aryl methyl sites for hydroxylation is 2. The molecule has 1 atom stereocenters. The molecule has 0 aromatic carbocycles. The SMILES string of the molecule is CCCn1nc(C)c(N)c1NCCC(O)CC. The van der Waals surface area contributed by atoms with E-state index in [1.54, 1.807) is 0 Å². The molecule has 0 saturated heterocycles. The maximum Gasteiger partial charge on any atom is 0.148 e. The van der Waals surface area contributed by atoms with Gasteiger partial charge in [-0.2, -0.15) is 5.10 Å². The zero-order valence-electron chi connectivity index (χ0n) is 11.0. The lowest BCUT2D eigenvalue weighted by Crippen LogP contribution is -2.15. The number of anilines is 2. The van der Waals surface area contributed by atoms with Crippen molar-refractivity contribution in [3.05, 3.63) is 5.69 Å². The van der Waals surface area contributed by atoms with Gasteiger partial charge in [-0.25, -0.2) is 4.68 Å². The third kappa shape index (κ3) is 3.63. The topological polar surface area (TPSA) is 76.1 Å². The molecule has 0 amide bonds. The number of nitrogen functional groups attached to an aromatic ring is 1. The Morgan fingerprint density at radius 1 is 1.47 bits per heavy atom. The molecule has 5 heteroatoms. The zero-order chi connectivity index (χ0) is 12.8. The quantitative estimate of drug-likeness (QED) is 0.678. The van der Waals surface area contributed by atoms with Gasteiger partial charge in [0.25, 0.3) is 0 Å². The van der Waals surface area contributed by atoms with Crippen LogP contribution in [0.25, 0.3) is 0 Å². The molecule has 5 nitrogen and oxygen atoms in total. The average Bonchev–Trinajstić information content (AvgIpc) is 2.57. The minimum Gasteiger partial charge on any atom is -0.394 e. The lowest BCUT2D eigenvalue weighted by atomic mass is 10.2. The normalized spacial score (nSPS) is 12.7. The van der Waals surface area contributed by atoms with Crippen LogP contribution in [-0.2, 0) is 6.54 Å². The van der Waals surface area contributed by atoms with Gasteiger partial charge in [0, 0.05) is 13.1 Å². The second-order valence-corrected chi connectivity index (χ2v) is 4.35. The van der Waals surface area contributed by atoms with E-state index in [9.17, 15) is 5.11 Å². The summed E-state index contributed by atoms with van der Waals surface area (Å²) in [6.45, 7) is 7.57. The molecular formula is C12H24N4O. The van der Waals surface area contributed by atoms with Gasteiger partial charge in [0.1, 0.15) is 5.82 Å². The van der Waals surface area contributed by atoms with Gasteiger partial charge >= 0.3 is 0 Å². The molecule has 0 aliphatic rings. The van der Waals surface area contributed by atoms with Gasteiger partial charge in [0.2, 0.25) is 0 Å². The molecule has 0 aliphatic carbocycles. The summed E-state index contributed by atoms with van der Waals surface area (Å²) in [5, 5.41) is 17.1. The first-order chi connectivity index (χ1) is 8.10. The van der Waals surface area contributed by atoms with Gasteiger partial charge < -0.3 is 16.2 Å². The molecule has 98 valence electrons. The van der Waals surface area contributed by atoms with Crippen molar-refractivity contribution in [3.8, 4) is 0 Å². The number of aromatic nitrogens is 2. The van der Waals surface area contributed by atoms with Crippen molar-refractivity contribution in [1.82, 2.24) is 9.78 Å². The van der Waals surface area contributed by atoms with Crippen LogP contribution in [0.2, 0.25) is 0 Å². The van der Waals surface area contributed by atoms with E-state index < -0.39 is 0 Å². The highest BCUT2D eigenvalue weighted by atomic mass is 16.3. The predicted octanol–water partition coefficient (Wildman–Crippen LogP) is 1.76. The van der Waals surface area contributed by atoms with Crippen LogP contribution in [0.3, 0.4) is 0 Å². The van der Waals surface area contributed by atoms with Crippen LogP contribution in [0.15, 0.2) is 0 Å². The van der Waals surface area contributed by atoms with Crippen molar-refractivity contribution in [1.29, 1.82) is 0 Å². The highest BCUT2D eigenvalue weighted by molar-refractivity contribution is 5.64. The molecule has 0 saturated carbocycles. The summed E-state index contributed by atoms with van der Waals surface area (Å²) in [6.07, 6.45) is 2.29. The first-order valence-corrected chi connectivity index (χ1v) is 6.34. The van der Waals surface area contributed by atoms with Crippen molar-refractivity contribution in [2.45, 2.75) is 52.7 Å². The van der Waals surface area contributed by atoms with E-state index in [1.165, 1.54) is 0 Å². The van der Waals surface area contributed by atoms with Crippen LogP contribution in [0, 0.1) is 6.92 Å². The van der Waals surface area contributed by atoms with Gasteiger partial charge in [-0.1, -0.05) is 13.8 Å². The van der Waals surface area contributed by atoms with E-state index in [0.717, 1.165) is 37.3 Å². The molecule has 0 radical (unpaired) electrons. The molecule has 1 aromatic heterocycles. The third-order valence-corrected chi connectivity index (χ3v) is 2.85. The van der Waals surface area contributed by atoms with E-state index in [4.69, 9.17) is 5.73 Å². The summed E-state index contributed by atoms with van der Waals surface area (Å²) in [6, 6.07) is 0. The number of nitrogens with two attached hydrogens (primary N) is 1. The number of aliphatic hydroxyl groups is 1. The van der Waals surface area contributed by atoms with Crippen molar-refractivity contribution in [3.63, 3.8) is 0 Å². The van der Waals surface area contributed by atoms with Crippen LogP contribution in [-0.4, -0.2) is 27.5 Å². The third-order valence-electron chi connectivity index (χ3n) is 2.85. The summed E-state index contributed by atoms with van der Waals surface area (Å²) >= 11 is 0. The molecule has 4 N–H and O–H groups in total. The van der Waals surface area contributed by atoms with Crippen LogP contribution < -0.4 is 11.1 Å². The molecule has 17 heavy (non-hydrogen) atoms. The first kappa shape index (κ1) is 13.8. The van der Waals surface area contributed by atoms with Crippen LogP contribution in [0.1, 0.15) is 38.8 Å². The molecule has 1 unspecified atom stereocenters. The Labute approximate surface area is 103 Å². The molecule has 1 aromatic rings. The fourth-order valence-corrected chi connectivity index (χ4v) is 1.72. The monoisotopic (exact) mass is 240 g/mol. The molecule has 0 bridgehead atoms. The number of aliphatic hydroxyl groups excluding tert-OH is 1. The summed E-state index contributed by atoms with van der Waals surface area (Å²) in [5.41, 5.74) is 7.55. The van der Waals surface area contributed by atoms with Gasteiger partial charge in [-0.15, -0.1) is 0 Å². The Morgan fingerprint density at radius 2 is 2.18 bits per heavy atom. The highest BCUT2D eigenvalue weighted by Crippen LogP contribution is 2.22. The lowest BCUT2D eigenvalue weighted by Gasteiger charge is -2.12. The lowest BCUT2D eigenvalue weighted by molar-refractivity contribution is 0.164. The number of nitrogens with zero attached hydrogens (tertiary/aromatic N) is 2. The second kappa shape index (κ2) is 6.49. The average molecular weight is 240 g/mol. The maximum absolute atomic E-state index is 9.49. The number of hydrogen-bond donors (Lipinski definition) is 3. The Bertz CT molecular complexity index is 349.